The molecule has 70 valence electrons. The number of hydrogen-bond acceptors (Lipinski definition) is 1. The third-order valence-corrected chi connectivity index (χ3v) is 1.39. The number of benzene rings is 1. The van der Waals surface area contributed by atoms with Gasteiger partial charge in [-0.15, -0.1) is 0 Å². The number of rotatable bonds is 1. The molecule has 0 aromatic heterocycles. The third kappa shape index (κ3) is 1.47. The molecule has 0 radical (unpaired) electrons. The van der Waals surface area contributed by atoms with Crippen LogP contribution in [0.15, 0.2) is 6.07 Å². The quantitative estimate of drug-likeness (QED) is 0.229. The standard InChI is InChI=1S/C7H4F4N2/c8-3-1-2(7(12)13)4(9)6(11)5(3)10/h1H,(H3,12,13). The Hall–Kier alpha value is -1.59. The van der Waals surface area contributed by atoms with Gasteiger partial charge in [-0.2, -0.15) is 0 Å². The Labute approximate surface area is 70.5 Å². The predicted molar refractivity (Wildman–Crippen MR) is 37.3 cm³/mol. The van der Waals surface area contributed by atoms with Crippen LogP contribution in [0.25, 0.3) is 0 Å². The first-order valence-electron chi connectivity index (χ1n) is 3.12. The largest absolute Gasteiger partial charge is 0.384 e. The van der Waals surface area contributed by atoms with Crippen LogP contribution in [0, 0.1) is 28.7 Å². The summed E-state index contributed by atoms with van der Waals surface area (Å²) in [4.78, 5) is 0. The maximum absolute atomic E-state index is 12.7. The summed E-state index contributed by atoms with van der Waals surface area (Å²) in [5.41, 5.74) is 3.99. The zero-order valence-electron chi connectivity index (χ0n) is 6.17. The van der Waals surface area contributed by atoms with Crippen molar-refractivity contribution in [1.82, 2.24) is 0 Å². The van der Waals surface area contributed by atoms with Crippen LogP contribution in [0.1, 0.15) is 5.56 Å². The summed E-state index contributed by atoms with van der Waals surface area (Å²) < 4.78 is 49.9. The lowest BCUT2D eigenvalue weighted by Crippen LogP contribution is -2.15. The van der Waals surface area contributed by atoms with E-state index < -0.39 is 34.7 Å². The van der Waals surface area contributed by atoms with Gasteiger partial charge in [-0.05, 0) is 6.07 Å². The lowest BCUT2D eigenvalue weighted by Gasteiger charge is -2.02. The molecule has 13 heavy (non-hydrogen) atoms. The molecule has 1 aromatic rings. The van der Waals surface area contributed by atoms with E-state index in [4.69, 9.17) is 11.1 Å². The summed E-state index contributed by atoms with van der Waals surface area (Å²) in [6.45, 7) is 0. The van der Waals surface area contributed by atoms with Gasteiger partial charge in [0.05, 0.1) is 5.56 Å². The summed E-state index contributed by atoms with van der Waals surface area (Å²) in [5.74, 6) is -7.99. The Morgan fingerprint density at radius 2 is 1.62 bits per heavy atom. The molecule has 3 N–H and O–H groups in total. The van der Waals surface area contributed by atoms with Crippen LogP contribution in [-0.4, -0.2) is 5.84 Å². The molecule has 0 heterocycles. The Balaban J connectivity index is 3.50. The van der Waals surface area contributed by atoms with Crippen molar-refractivity contribution in [3.8, 4) is 0 Å². The number of halogens is 4. The van der Waals surface area contributed by atoms with Gasteiger partial charge >= 0.3 is 0 Å². The molecule has 0 atom stereocenters. The molecule has 1 rings (SSSR count). The average Bonchev–Trinajstić information content (AvgIpc) is 2.07. The summed E-state index contributed by atoms with van der Waals surface area (Å²) in [7, 11) is 0. The molecule has 1 aromatic carbocycles. The number of nitrogens with two attached hydrogens (primary N) is 1. The van der Waals surface area contributed by atoms with Crippen molar-refractivity contribution >= 4 is 5.84 Å². The number of nitrogen functional groups attached to an aromatic ring is 1. The minimum absolute atomic E-state index is 0.329. The van der Waals surface area contributed by atoms with Crippen molar-refractivity contribution in [3.05, 3.63) is 34.9 Å². The summed E-state index contributed by atoms with van der Waals surface area (Å²) >= 11 is 0. The molecule has 0 bridgehead atoms. The van der Waals surface area contributed by atoms with Gasteiger partial charge in [0.15, 0.2) is 23.3 Å². The van der Waals surface area contributed by atoms with Crippen molar-refractivity contribution in [3.63, 3.8) is 0 Å². The summed E-state index contributed by atoms with van der Waals surface area (Å²) in [6, 6.07) is 0.329. The Bertz CT molecular complexity index is 375. The maximum atomic E-state index is 12.7. The smallest absolute Gasteiger partial charge is 0.198 e. The Morgan fingerprint density at radius 3 is 2.08 bits per heavy atom. The van der Waals surface area contributed by atoms with E-state index in [-0.39, 0.29) is 0 Å². The van der Waals surface area contributed by atoms with Crippen molar-refractivity contribution < 1.29 is 17.6 Å². The predicted octanol–water partition coefficient (Wildman–Crippen LogP) is 1.53. The van der Waals surface area contributed by atoms with Gasteiger partial charge in [0.1, 0.15) is 5.84 Å². The fourth-order valence-corrected chi connectivity index (χ4v) is 0.769. The minimum atomic E-state index is -1.97. The van der Waals surface area contributed by atoms with Gasteiger partial charge < -0.3 is 5.73 Å². The molecule has 6 heteroatoms. The van der Waals surface area contributed by atoms with E-state index in [1.807, 2.05) is 0 Å². The lowest BCUT2D eigenvalue weighted by atomic mass is 10.2. The van der Waals surface area contributed by atoms with Crippen LogP contribution in [0.3, 0.4) is 0 Å². The Kier molecular flexibility index (Phi) is 2.22. The number of amidine groups is 1. The van der Waals surface area contributed by atoms with E-state index in [0.29, 0.717) is 6.07 Å². The first kappa shape index (κ1) is 9.50. The van der Waals surface area contributed by atoms with Crippen molar-refractivity contribution in [2.24, 2.45) is 5.73 Å². The van der Waals surface area contributed by atoms with Gasteiger partial charge in [-0.25, -0.2) is 17.6 Å². The second-order valence-electron chi connectivity index (χ2n) is 2.26. The first-order chi connectivity index (χ1) is 5.95. The van der Waals surface area contributed by atoms with Crippen molar-refractivity contribution in [2.45, 2.75) is 0 Å². The molecule has 0 spiro atoms. The fourth-order valence-electron chi connectivity index (χ4n) is 0.769. The van der Waals surface area contributed by atoms with Crippen LogP contribution in [0.4, 0.5) is 17.6 Å². The normalized spacial score (nSPS) is 10.2. The average molecular weight is 192 g/mol. The molecule has 0 aliphatic heterocycles. The molecular weight excluding hydrogens is 188 g/mol. The molecule has 0 aliphatic carbocycles. The Morgan fingerprint density at radius 1 is 1.08 bits per heavy atom. The SMILES string of the molecule is N=C(N)c1cc(F)c(F)c(F)c1F. The highest BCUT2D eigenvalue weighted by Crippen LogP contribution is 2.17. The van der Waals surface area contributed by atoms with E-state index in [9.17, 15) is 17.6 Å². The molecular formula is C7H4F4N2. The number of nitrogens with one attached hydrogen (secondary N) is 1. The van der Waals surface area contributed by atoms with Gasteiger partial charge in [0, 0.05) is 0 Å². The maximum Gasteiger partial charge on any atom is 0.198 e. The van der Waals surface area contributed by atoms with Crippen LogP contribution >= 0.6 is 0 Å². The second kappa shape index (κ2) is 3.04. The number of hydrogen-bond donors (Lipinski definition) is 2. The molecule has 0 saturated carbocycles. The van der Waals surface area contributed by atoms with Gasteiger partial charge in [0.2, 0.25) is 0 Å². The van der Waals surface area contributed by atoms with E-state index in [1.165, 1.54) is 0 Å². The van der Waals surface area contributed by atoms with E-state index in [0.717, 1.165) is 0 Å². The van der Waals surface area contributed by atoms with Crippen molar-refractivity contribution in [2.75, 3.05) is 0 Å². The van der Waals surface area contributed by atoms with Crippen LogP contribution < -0.4 is 5.73 Å². The van der Waals surface area contributed by atoms with Crippen molar-refractivity contribution in [1.29, 1.82) is 5.41 Å². The molecule has 0 saturated heterocycles. The topological polar surface area (TPSA) is 49.9 Å². The van der Waals surface area contributed by atoms with Crippen LogP contribution in [0.5, 0.6) is 0 Å². The highest BCUT2D eigenvalue weighted by molar-refractivity contribution is 5.95. The minimum Gasteiger partial charge on any atom is -0.384 e. The van der Waals surface area contributed by atoms with E-state index >= 15 is 0 Å². The zero-order chi connectivity index (χ0) is 10.2. The summed E-state index contributed by atoms with van der Waals surface area (Å²) in [5, 5.41) is 6.72. The van der Waals surface area contributed by atoms with Gasteiger partial charge in [-0.1, -0.05) is 0 Å². The van der Waals surface area contributed by atoms with Gasteiger partial charge in [-0.3, -0.25) is 5.41 Å². The highest BCUT2D eigenvalue weighted by Gasteiger charge is 2.19. The first-order valence-corrected chi connectivity index (χ1v) is 3.12. The second-order valence-corrected chi connectivity index (χ2v) is 2.26. The zero-order valence-corrected chi connectivity index (χ0v) is 6.17. The molecule has 0 amide bonds. The summed E-state index contributed by atoms with van der Waals surface area (Å²) in [6.07, 6.45) is 0. The monoisotopic (exact) mass is 192 g/mol. The molecule has 2 nitrogen and oxygen atoms in total. The van der Waals surface area contributed by atoms with Gasteiger partial charge in [0.25, 0.3) is 0 Å². The highest BCUT2D eigenvalue weighted by atomic mass is 19.2. The molecule has 0 aliphatic rings. The van der Waals surface area contributed by atoms with Crippen LogP contribution in [-0.2, 0) is 0 Å². The third-order valence-electron chi connectivity index (χ3n) is 1.39. The van der Waals surface area contributed by atoms with Crippen LogP contribution in [0.2, 0.25) is 0 Å². The molecule has 0 unspecified atom stereocenters. The van der Waals surface area contributed by atoms with E-state index in [2.05, 4.69) is 0 Å². The van der Waals surface area contributed by atoms with E-state index in [1.54, 1.807) is 0 Å². The molecule has 0 fully saturated rings. The lowest BCUT2D eigenvalue weighted by molar-refractivity contribution is 0.408. The fraction of sp³-hybridized carbons (Fsp3) is 0.